The van der Waals surface area contributed by atoms with E-state index >= 15 is 0 Å². The number of carbonyl (C=O) groups is 1. The van der Waals surface area contributed by atoms with Crippen LogP contribution in [0.5, 0.6) is 11.6 Å². The van der Waals surface area contributed by atoms with Gasteiger partial charge >= 0.3 is 0 Å². The van der Waals surface area contributed by atoms with Crippen LogP contribution in [0.15, 0.2) is 42.5 Å². The van der Waals surface area contributed by atoms with E-state index in [1.165, 1.54) is 6.07 Å². The fourth-order valence-corrected chi connectivity index (χ4v) is 3.73. The molecule has 0 bridgehead atoms. The number of halogens is 2. The molecule has 1 saturated heterocycles. The van der Waals surface area contributed by atoms with Gasteiger partial charge in [-0.05, 0) is 50.1 Å². The number of ether oxygens (including phenoxy) is 2. The van der Waals surface area contributed by atoms with Crippen LogP contribution in [-0.4, -0.2) is 46.9 Å². The van der Waals surface area contributed by atoms with Crippen LogP contribution in [0, 0.1) is 25.5 Å². The second-order valence-corrected chi connectivity index (χ2v) is 7.79. The maximum absolute atomic E-state index is 14.4. The van der Waals surface area contributed by atoms with Crippen molar-refractivity contribution in [3.8, 4) is 17.3 Å². The smallest absolute Gasteiger partial charge is 0.226 e. The summed E-state index contributed by atoms with van der Waals surface area (Å²) in [7, 11) is 0. The highest BCUT2D eigenvalue weighted by Crippen LogP contribution is 2.33. The summed E-state index contributed by atoms with van der Waals surface area (Å²) in [5.41, 5.74) is 3.16. The van der Waals surface area contributed by atoms with E-state index in [1.807, 2.05) is 38.1 Å². The van der Waals surface area contributed by atoms with Crippen LogP contribution in [0.1, 0.15) is 23.2 Å². The predicted octanol–water partition coefficient (Wildman–Crippen LogP) is 4.35. The zero-order valence-electron chi connectivity index (χ0n) is 18.1. The van der Waals surface area contributed by atoms with E-state index in [4.69, 9.17) is 9.47 Å². The lowest BCUT2D eigenvalue weighted by atomic mass is 10.1. The van der Waals surface area contributed by atoms with Gasteiger partial charge in [-0.2, -0.15) is 5.10 Å². The maximum atomic E-state index is 14.4. The summed E-state index contributed by atoms with van der Waals surface area (Å²) >= 11 is 0. The number of aromatic nitrogens is 2. The van der Waals surface area contributed by atoms with Crippen molar-refractivity contribution in [1.82, 2.24) is 14.7 Å². The van der Waals surface area contributed by atoms with Crippen LogP contribution in [-0.2, 0) is 16.0 Å². The number of rotatable bonds is 6. The molecule has 0 spiro atoms. The van der Waals surface area contributed by atoms with E-state index in [-0.39, 0.29) is 18.1 Å². The molecule has 0 unspecified atom stereocenters. The number of benzene rings is 2. The van der Waals surface area contributed by atoms with Gasteiger partial charge in [0.1, 0.15) is 5.82 Å². The normalized spacial score (nSPS) is 13.9. The molecule has 4 rings (SSSR count). The SMILES string of the molecule is Cc1cccc(-n2nc(C)c(CCC(=O)N3CCOCC3)c2Oc2ccc(F)cc2F)c1. The minimum Gasteiger partial charge on any atom is -0.436 e. The van der Waals surface area contributed by atoms with Crippen molar-refractivity contribution >= 4 is 5.91 Å². The molecule has 3 aromatic rings. The van der Waals surface area contributed by atoms with Crippen molar-refractivity contribution in [3.63, 3.8) is 0 Å². The third-order valence-electron chi connectivity index (χ3n) is 5.44. The Morgan fingerprint density at radius 1 is 1.12 bits per heavy atom. The summed E-state index contributed by atoms with van der Waals surface area (Å²) in [5, 5.41) is 4.61. The largest absolute Gasteiger partial charge is 0.436 e. The second kappa shape index (κ2) is 9.48. The molecule has 0 saturated carbocycles. The maximum Gasteiger partial charge on any atom is 0.226 e. The van der Waals surface area contributed by atoms with Gasteiger partial charge < -0.3 is 14.4 Å². The Bertz CT molecular complexity index is 1120. The molecule has 168 valence electrons. The summed E-state index contributed by atoms with van der Waals surface area (Å²) in [6.07, 6.45) is 0.647. The van der Waals surface area contributed by atoms with E-state index in [0.717, 1.165) is 23.4 Å². The quantitative estimate of drug-likeness (QED) is 0.571. The van der Waals surface area contributed by atoms with Gasteiger partial charge in [-0.1, -0.05) is 12.1 Å². The van der Waals surface area contributed by atoms with E-state index in [1.54, 1.807) is 9.58 Å². The molecule has 1 amide bonds. The first-order chi connectivity index (χ1) is 15.4. The van der Waals surface area contributed by atoms with Gasteiger partial charge in [-0.3, -0.25) is 4.79 Å². The number of aryl methyl sites for hydroxylation is 2. The topological polar surface area (TPSA) is 56.6 Å². The zero-order chi connectivity index (χ0) is 22.7. The molecule has 0 N–H and O–H groups in total. The first-order valence-electron chi connectivity index (χ1n) is 10.6. The third-order valence-corrected chi connectivity index (χ3v) is 5.44. The number of hydrogen-bond acceptors (Lipinski definition) is 4. The fourth-order valence-electron chi connectivity index (χ4n) is 3.73. The monoisotopic (exact) mass is 441 g/mol. The summed E-state index contributed by atoms with van der Waals surface area (Å²) in [6, 6.07) is 10.8. The Hall–Kier alpha value is -3.26. The van der Waals surface area contributed by atoms with Crippen molar-refractivity contribution in [2.24, 2.45) is 0 Å². The van der Waals surface area contributed by atoms with Crippen LogP contribution < -0.4 is 4.74 Å². The van der Waals surface area contributed by atoms with Gasteiger partial charge in [0, 0.05) is 31.1 Å². The van der Waals surface area contributed by atoms with Crippen molar-refractivity contribution < 1.29 is 23.0 Å². The van der Waals surface area contributed by atoms with Crippen molar-refractivity contribution in [3.05, 3.63) is 70.9 Å². The number of nitrogens with zero attached hydrogens (tertiary/aromatic N) is 3. The molecule has 0 radical (unpaired) electrons. The van der Waals surface area contributed by atoms with Gasteiger partial charge in [-0.25, -0.2) is 13.5 Å². The Kier molecular flexibility index (Phi) is 6.50. The molecule has 0 atom stereocenters. The van der Waals surface area contributed by atoms with E-state index in [9.17, 15) is 13.6 Å². The van der Waals surface area contributed by atoms with Gasteiger partial charge in [0.15, 0.2) is 11.6 Å². The Morgan fingerprint density at radius 3 is 2.62 bits per heavy atom. The molecule has 1 aliphatic heterocycles. The lowest BCUT2D eigenvalue weighted by Crippen LogP contribution is -2.40. The predicted molar refractivity (Wildman–Crippen MR) is 115 cm³/mol. The minimum atomic E-state index is -0.810. The van der Waals surface area contributed by atoms with E-state index in [2.05, 4.69) is 5.10 Å². The van der Waals surface area contributed by atoms with Gasteiger partial charge in [0.25, 0.3) is 0 Å². The highest BCUT2D eigenvalue weighted by atomic mass is 19.1. The van der Waals surface area contributed by atoms with Crippen LogP contribution in [0.25, 0.3) is 5.69 Å². The highest BCUT2D eigenvalue weighted by molar-refractivity contribution is 5.76. The van der Waals surface area contributed by atoms with E-state index < -0.39 is 11.6 Å². The lowest BCUT2D eigenvalue weighted by molar-refractivity contribution is -0.135. The lowest BCUT2D eigenvalue weighted by Gasteiger charge is -2.26. The summed E-state index contributed by atoms with van der Waals surface area (Å²) in [5.74, 6) is -1.27. The molecule has 1 aliphatic rings. The van der Waals surface area contributed by atoms with Crippen LogP contribution in [0.2, 0.25) is 0 Å². The number of morpholine rings is 1. The molecule has 8 heteroatoms. The standard InChI is InChI=1S/C24H25F2N3O3/c1-16-4-3-5-19(14-16)29-24(32-22-8-6-18(25)15-21(22)26)20(17(2)27-29)7-9-23(30)28-10-12-31-13-11-28/h3-6,8,14-15H,7,9-13H2,1-2H3. The number of amides is 1. The Morgan fingerprint density at radius 2 is 1.91 bits per heavy atom. The van der Waals surface area contributed by atoms with Gasteiger partial charge in [0.2, 0.25) is 11.8 Å². The zero-order valence-corrected chi connectivity index (χ0v) is 18.1. The second-order valence-electron chi connectivity index (χ2n) is 7.79. The third kappa shape index (κ3) is 4.80. The van der Waals surface area contributed by atoms with Crippen LogP contribution in [0.4, 0.5) is 8.78 Å². The molecular weight excluding hydrogens is 416 g/mol. The van der Waals surface area contributed by atoms with Crippen molar-refractivity contribution in [1.29, 1.82) is 0 Å². The Balaban J connectivity index is 1.67. The Labute approximate surface area is 185 Å². The molecule has 1 fully saturated rings. The summed E-state index contributed by atoms with van der Waals surface area (Å²) in [4.78, 5) is 14.4. The van der Waals surface area contributed by atoms with Crippen LogP contribution >= 0.6 is 0 Å². The van der Waals surface area contributed by atoms with E-state index in [0.29, 0.717) is 49.9 Å². The molecule has 2 heterocycles. The first kappa shape index (κ1) is 22.0. The van der Waals surface area contributed by atoms with Gasteiger partial charge in [0.05, 0.1) is 24.6 Å². The number of hydrogen-bond donors (Lipinski definition) is 0. The fraction of sp³-hybridized carbons (Fsp3) is 0.333. The minimum absolute atomic E-state index is 0.0231. The molecule has 2 aromatic carbocycles. The summed E-state index contributed by atoms with van der Waals surface area (Å²) < 4.78 is 40.6. The van der Waals surface area contributed by atoms with Crippen molar-refractivity contribution in [2.45, 2.75) is 26.7 Å². The molecule has 1 aromatic heterocycles. The average molecular weight is 441 g/mol. The summed E-state index contributed by atoms with van der Waals surface area (Å²) in [6.45, 7) is 6.01. The van der Waals surface area contributed by atoms with Crippen LogP contribution in [0.3, 0.4) is 0 Å². The van der Waals surface area contributed by atoms with Gasteiger partial charge in [-0.15, -0.1) is 0 Å². The first-order valence-corrected chi connectivity index (χ1v) is 10.6. The molecule has 0 aliphatic carbocycles. The molecular formula is C24H25F2N3O3. The average Bonchev–Trinajstić information content (AvgIpc) is 3.09. The molecule has 32 heavy (non-hydrogen) atoms. The number of carbonyl (C=O) groups excluding carboxylic acids is 1. The highest BCUT2D eigenvalue weighted by Gasteiger charge is 2.23. The van der Waals surface area contributed by atoms with Crippen molar-refractivity contribution in [2.75, 3.05) is 26.3 Å². The molecule has 6 nitrogen and oxygen atoms in total.